The van der Waals surface area contributed by atoms with Crippen LogP contribution >= 0.6 is 12.4 Å². The van der Waals surface area contributed by atoms with Crippen LogP contribution in [0.1, 0.15) is 33.1 Å². The van der Waals surface area contributed by atoms with Crippen molar-refractivity contribution < 1.29 is 9.18 Å². The summed E-state index contributed by atoms with van der Waals surface area (Å²) in [4.78, 5) is 12.2. The molecule has 2 aromatic rings. The summed E-state index contributed by atoms with van der Waals surface area (Å²) in [5.74, 6) is -0.465. The Morgan fingerprint density at radius 2 is 2.09 bits per heavy atom. The fourth-order valence-electron chi connectivity index (χ4n) is 2.86. The summed E-state index contributed by atoms with van der Waals surface area (Å²) < 4.78 is 13.3. The summed E-state index contributed by atoms with van der Waals surface area (Å²) in [7, 11) is 0. The number of benzene rings is 2. The fraction of sp³-hybridized carbons (Fsp3) is 0.278. The molecule has 0 fully saturated rings. The number of carbonyl (C=O) groups is 1. The van der Waals surface area contributed by atoms with E-state index in [1.807, 2.05) is 12.1 Å². The third kappa shape index (κ3) is 3.89. The van der Waals surface area contributed by atoms with Gasteiger partial charge in [0.25, 0.3) is 5.91 Å². The van der Waals surface area contributed by atoms with Gasteiger partial charge < -0.3 is 10.6 Å². The van der Waals surface area contributed by atoms with Gasteiger partial charge in [-0.15, -0.1) is 12.4 Å². The number of nitrogens with one attached hydrogen (secondary N) is 2. The highest BCUT2D eigenvalue weighted by molar-refractivity contribution is 5.94. The molecule has 0 spiro atoms. The van der Waals surface area contributed by atoms with Crippen LogP contribution in [0.25, 0.3) is 0 Å². The molecule has 23 heavy (non-hydrogen) atoms. The van der Waals surface area contributed by atoms with Crippen molar-refractivity contribution >= 4 is 18.3 Å². The molecule has 1 heterocycles. The van der Waals surface area contributed by atoms with Crippen molar-refractivity contribution in [3.05, 3.63) is 70.5 Å². The molecule has 1 amide bonds. The van der Waals surface area contributed by atoms with Crippen LogP contribution in [0.3, 0.4) is 0 Å². The van der Waals surface area contributed by atoms with E-state index in [0.29, 0.717) is 17.7 Å². The SMILES string of the molecule is Cc1cc(C(=O)NCC2NCCc3ccccc32)ccc1F.Cl. The van der Waals surface area contributed by atoms with Gasteiger partial charge in [0, 0.05) is 18.2 Å². The van der Waals surface area contributed by atoms with E-state index in [2.05, 4.69) is 22.8 Å². The molecule has 1 aliphatic rings. The van der Waals surface area contributed by atoms with Gasteiger partial charge in [-0.05, 0) is 54.8 Å². The zero-order valence-corrected chi connectivity index (χ0v) is 13.8. The molecular formula is C18H20ClFN2O. The number of hydrogen-bond donors (Lipinski definition) is 2. The van der Waals surface area contributed by atoms with Gasteiger partial charge in [-0.3, -0.25) is 4.79 Å². The summed E-state index contributed by atoms with van der Waals surface area (Å²) in [6, 6.07) is 12.8. The quantitative estimate of drug-likeness (QED) is 0.905. The Labute approximate surface area is 141 Å². The monoisotopic (exact) mass is 334 g/mol. The normalized spacial score (nSPS) is 16.2. The first-order valence-electron chi connectivity index (χ1n) is 7.50. The van der Waals surface area contributed by atoms with Crippen LogP contribution in [0.5, 0.6) is 0 Å². The van der Waals surface area contributed by atoms with Crippen LogP contribution in [0, 0.1) is 12.7 Å². The first kappa shape index (κ1) is 17.4. The van der Waals surface area contributed by atoms with Gasteiger partial charge >= 0.3 is 0 Å². The van der Waals surface area contributed by atoms with E-state index in [1.165, 1.54) is 23.3 Å². The molecule has 3 rings (SSSR count). The van der Waals surface area contributed by atoms with E-state index in [4.69, 9.17) is 0 Å². The maximum Gasteiger partial charge on any atom is 0.251 e. The zero-order valence-electron chi connectivity index (χ0n) is 12.9. The van der Waals surface area contributed by atoms with Crippen LogP contribution in [0.4, 0.5) is 4.39 Å². The van der Waals surface area contributed by atoms with Crippen molar-refractivity contribution in [2.24, 2.45) is 0 Å². The van der Waals surface area contributed by atoms with E-state index in [0.717, 1.165) is 13.0 Å². The predicted octanol–water partition coefficient (Wildman–Crippen LogP) is 3.17. The second kappa shape index (κ2) is 7.57. The number of amides is 1. The summed E-state index contributed by atoms with van der Waals surface area (Å²) in [5, 5.41) is 6.36. The molecule has 2 N–H and O–H groups in total. The van der Waals surface area contributed by atoms with Crippen molar-refractivity contribution in [2.75, 3.05) is 13.1 Å². The Bertz CT molecular complexity index is 705. The minimum absolute atomic E-state index is 0. The average molecular weight is 335 g/mol. The molecule has 0 bridgehead atoms. The summed E-state index contributed by atoms with van der Waals surface area (Å²) in [6.45, 7) is 3.09. The van der Waals surface area contributed by atoms with Gasteiger partial charge in [-0.1, -0.05) is 24.3 Å². The smallest absolute Gasteiger partial charge is 0.251 e. The van der Waals surface area contributed by atoms with Crippen molar-refractivity contribution in [2.45, 2.75) is 19.4 Å². The van der Waals surface area contributed by atoms with Gasteiger partial charge in [0.05, 0.1) is 0 Å². The largest absolute Gasteiger partial charge is 0.350 e. The third-order valence-electron chi connectivity index (χ3n) is 4.10. The number of halogens is 2. The second-order valence-corrected chi connectivity index (χ2v) is 5.63. The Morgan fingerprint density at radius 3 is 2.87 bits per heavy atom. The van der Waals surface area contributed by atoms with Gasteiger partial charge in [0.15, 0.2) is 0 Å². The van der Waals surface area contributed by atoms with E-state index in [-0.39, 0.29) is 30.2 Å². The van der Waals surface area contributed by atoms with E-state index in [9.17, 15) is 9.18 Å². The molecule has 1 aliphatic heterocycles. The lowest BCUT2D eigenvalue weighted by molar-refractivity contribution is 0.0949. The highest BCUT2D eigenvalue weighted by Gasteiger charge is 2.19. The molecule has 122 valence electrons. The molecule has 3 nitrogen and oxygen atoms in total. The maximum atomic E-state index is 13.3. The molecule has 0 aromatic heterocycles. The predicted molar refractivity (Wildman–Crippen MR) is 91.6 cm³/mol. The highest BCUT2D eigenvalue weighted by Crippen LogP contribution is 2.22. The number of carbonyl (C=O) groups excluding carboxylic acids is 1. The molecule has 0 aliphatic carbocycles. The lowest BCUT2D eigenvalue weighted by Crippen LogP contribution is -2.38. The standard InChI is InChI=1S/C18H19FN2O.ClH/c1-12-10-14(6-7-16(12)19)18(22)21-11-17-15-5-3-2-4-13(15)8-9-20-17;/h2-7,10,17,20H,8-9,11H2,1H3,(H,21,22);1H. The van der Waals surface area contributed by atoms with Gasteiger partial charge in [0.1, 0.15) is 5.82 Å². The topological polar surface area (TPSA) is 41.1 Å². The zero-order chi connectivity index (χ0) is 15.5. The average Bonchev–Trinajstić information content (AvgIpc) is 2.55. The minimum Gasteiger partial charge on any atom is -0.350 e. The fourth-order valence-corrected chi connectivity index (χ4v) is 2.86. The number of rotatable bonds is 3. The Morgan fingerprint density at radius 1 is 1.30 bits per heavy atom. The van der Waals surface area contributed by atoms with Gasteiger partial charge in [-0.2, -0.15) is 0 Å². The Kier molecular flexibility index (Phi) is 5.74. The maximum absolute atomic E-state index is 13.3. The van der Waals surface area contributed by atoms with Gasteiger partial charge in [-0.25, -0.2) is 4.39 Å². The Balaban J connectivity index is 0.00000192. The first-order valence-corrected chi connectivity index (χ1v) is 7.50. The van der Waals surface area contributed by atoms with E-state index in [1.54, 1.807) is 13.0 Å². The summed E-state index contributed by atoms with van der Waals surface area (Å²) in [5.41, 5.74) is 3.54. The van der Waals surface area contributed by atoms with Crippen LogP contribution in [-0.4, -0.2) is 19.0 Å². The molecule has 0 saturated carbocycles. The highest BCUT2D eigenvalue weighted by atomic mass is 35.5. The summed E-state index contributed by atoms with van der Waals surface area (Å²) in [6.07, 6.45) is 1.01. The first-order chi connectivity index (χ1) is 10.6. The molecular weight excluding hydrogens is 315 g/mol. The molecule has 0 saturated heterocycles. The third-order valence-corrected chi connectivity index (χ3v) is 4.10. The van der Waals surface area contributed by atoms with Crippen molar-refractivity contribution in [1.82, 2.24) is 10.6 Å². The number of hydrogen-bond acceptors (Lipinski definition) is 2. The van der Waals surface area contributed by atoms with Crippen LogP contribution in [0.2, 0.25) is 0 Å². The van der Waals surface area contributed by atoms with Crippen molar-refractivity contribution in [3.8, 4) is 0 Å². The van der Waals surface area contributed by atoms with Gasteiger partial charge in [0.2, 0.25) is 0 Å². The number of aryl methyl sites for hydroxylation is 1. The minimum atomic E-state index is -0.292. The van der Waals surface area contributed by atoms with Crippen LogP contribution < -0.4 is 10.6 Å². The van der Waals surface area contributed by atoms with Crippen LogP contribution in [-0.2, 0) is 6.42 Å². The Hall–Kier alpha value is -1.91. The molecule has 1 unspecified atom stereocenters. The lowest BCUT2D eigenvalue weighted by atomic mass is 9.94. The van der Waals surface area contributed by atoms with Crippen molar-refractivity contribution in [3.63, 3.8) is 0 Å². The van der Waals surface area contributed by atoms with E-state index >= 15 is 0 Å². The number of fused-ring (bicyclic) bond motifs is 1. The molecule has 1 atom stereocenters. The van der Waals surface area contributed by atoms with E-state index < -0.39 is 0 Å². The van der Waals surface area contributed by atoms with Crippen molar-refractivity contribution in [1.29, 1.82) is 0 Å². The lowest BCUT2D eigenvalue weighted by Gasteiger charge is -2.27. The van der Waals surface area contributed by atoms with Crippen LogP contribution in [0.15, 0.2) is 42.5 Å². The molecule has 5 heteroatoms. The summed E-state index contributed by atoms with van der Waals surface area (Å²) >= 11 is 0. The second-order valence-electron chi connectivity index (χ2n) is 5.63. The molecule has 0 radical (unpaired) electrons. The molecule has 2 aromatic carbocycles.